The quantitative estimate of drug-likeness (QED) is 0.688. The number of oxazole rings is 1. The van der Waals surface area contributed by atoms with Gasteiger partial charge in [-0.15, -0.1) is 11.3 Å². The number of amides is 1. The molecule has 6 nitrogen and oxygen atoms in total. The van der Waals surface area contributed by atoms with E-state index in [1.54, 1.807) is 41.8 Å². The number of aliphatic hydroxyl groups is 1. The number of carbonyl (C=O) groups excluding carboxylic acids is 1. The molecule has 0 aliphatic carbocycles. The molecule has 0 fully saturated rings. The van der Waals surface area contributed by atoms with Crippen molar-refractivity contribution in [2.45, 2.75) is 6.61 Å². The molecule has 2 heterocycles. The fraction of sp³-hybridized carbons (Fsp3) is 0.176. The normalized spacial score (nSPS) is 10.5. The predicted octanol–water partition coefficient (Wildman–Crippen LogP) is 2.70. The van der Waals surface area contributed by atoms with Crippen LogP contribution < -0.4 is 10.1 Å². The van der Waals surface area contributed by atoms with Crippen molar-refractivity contribution in [3.63, 3.8) is 0 Å². The van der Waals surface area contributed by atoms with E-state index in [0.29, 0.717) is 23.0 Å². The van der Waals surface area contributed by atoms with Gasteiger partial charge >= 0.3 is 0 Å². The summed E-state index contributed by atoms with van der Waals surface area (Å²) < 4.78 is 11.3. The summed E-state index contributed by atoms with van der Waals surface area (Å²) in [4.78, 5) is 17.1. The summed E-state index contributed by atoms with van der Waals surface area (Å²) in [5.74, 6) is 1.46. The lowest BCUT2D eigenvalue weighted by atomic mass is 10.2. The molecule has 1 aromatic carbocycles. The van der Waals surface area contributed by atoms with Crippen molar-refractivity contribution in [3.8, 4) is 16.4 Å². The van der Waals surface area contributed by atoms with Gasteiger partial charge in [0.2, 0.25) is 5.89 Å². The van der Waals surface area contributed by atoms with Gasteiger partial charge in [-0.25, -0.2) is 4.98 Å². The number of aliphatic hydroxyl groups excluding tert-OH is 1. The molecule has 0 saturated heterocycles. The van der Waals surface area contributed by atoms with Crippen molar-refractivity contribution >= 4 is 17.2 Å². The van der Waals surface area contributed by atoms with Gasteiger partial charge in [-0.3, -0.25) is 4.79 Å². The topological polar surface area (TPSA) is 84.6 Å². The molecule has 0 atom stereocenters. The smallest absolute Gasteiger partial charge is 0.251 e. The zero-order valence-corrected chi connectivity index (χ0v) is 13.6. The Morgan fingerprint density at radius 1 is 1.33 bits per heavy atom. The highest BCUT2D eigenvalue weighted by Crippen LogP contribution is 2.25. The minimum Gasteiger partial charge on any atom is -0.484 e. The molecule has 0 radical (unpaired) electrons. The van der Waals surface area contributed by atoms with Gasteiger partial charge in [0.25, 0.3) is 5.91 Å². The lowest BCUT2D eigenvalue weighted by molar-refractivity contribution is 0.0944. The average molecular weight is 344 g/mol. The Morgan fingerprint density at radius 2 is 2.25 bits per heavy atom. The first-order valence-electron chi connectivity index (χ1n) is 7.37. The van der Waals surface area contributed by atoms with Crippen LogP contribution in [0, 0.1) is 0 Å². The van der Waals surface area contributed by atoms with E-state index < -0.39 is 0 Å². The number of benzene rings is 1. The van der Waals surface area contributed by atoms with E-state index in [-0.39, 0.29) is 25.7 Å². The molecule has 0 bridgehead atoms. The SMILES string of the molecule is O=C(NCCO)c1cccc(OCc2ncc(-c3cccs3)o2)c1. The van der Waals surface area contributed by atoms with Crippen molar-refractivity contribution in [1.82, 2.24) is 10.3 Å². The molecule has 3 aromatic rings. The third-order valence-corrected chi connectivity index (χ3v) is 4.06. The Morgan fingerprint density at radius 3 is 3.04 bits per heavy atom. The first kappa shape index (κ1) is 16.2. The van der Waals surface area contributed by atoms with Crippen LogP contribution in [0.2, 0.25) is 0 Å². The van der Waals surface area contributed by atoms with E-state index in [2.05, 4.69) is 10.3 Å². The van der Waals surface area contributed by atoms with E-state index in [1.807, 2.05) is 17.5 Å². The van der Waals surface area contributed by atoms with Crippen LogP contribution in [0.5, 0.6) is 5.75 Å². The van der Waals surface area contributed by atoms with Crippen LogP contribution in [0.15, 0.2) is 52.4 Å². The number of aromatic nitrogens is 1. The molecule has 0 aliphatic rings. The molecule has 1 amide bonds. The molecule has 2 aromatic heterocycles. The van der Waals surface area contributed by atoms with Crippen LogP contribution in [0.1, 0.15) is 16.2 Å². The molecule has 124 valence electrons. The highest BCUT2D eigenvalue weighted by Gasteiger charge is 2.09. The second-order valence-electron chi connectivity index (χ2n) is 4.89. The summed E-state index contributed by atoms with van der Waals surface area (Å²) in [6.07, 6.45) is 1.67. The second kappa shape index (κ2) is 7.76. The van der Waals surface area contributed by atoms with E-state index in [1.165, 1.54) is 0 Å². The van der Waals surface area contributed by atoms with Crippen LogP contribution in [0.25, 0.3) is 10.6 Å². The molecular formula is C17H16N2O4S. The molecule has 0 spiro atoms. The first-order chi connectivity index (χ1) is 11.8. The van der Waals surface area contributed by atoms with Crippen molar-refractivity contribution in [2.75, 3.05) is 13.2 Å². The lowest BCUT2D eigenvalue weighted by Crippen LogP contribution is -2.26. The molecule has 7 heteroatoms. The summed E-state index contributed by atoms with van der Waals surface area (Å²) in [7, 11) is 0. The second-order valence-corrected chi connectivity index (χ2v) is 5.84. The van der Waals surface area contributed by atoms with Crippen LogP contribution in [-0.4, -0.2) is 29.1 Å². The summed E-state index contributed by atoms with van der Waals surface area (Å²) >= 11 is 1.58. The fourth-order valence-electron chi connectivity index (χ4n) is 2.05. The van der Waals surface area contributed by atoms with Crippen molar-refractivity contribution < 1.29 is 19.1 Å². The molecule has 0 aliphatic heterocycles. The number of ether oxygens (including phenoxy) is 1. The molecule has 0 unspecified atom stereocenters. The van der Waals surface area contributed by atoms with E-state index in [0.717, 1.165) is 4.88 Å². The van der Waals surface area contributed by atoms with E-state index >= 15 is 0 Å². The molecule has 0 saturated carbocycles. The minimum absolute atomic E-state index is 0.0985. The summed E-state index contributed by atoms with van der Waals surface area (Å²) in [6, 6.07) is 10.7. The Labute approximate surface area is 142 Å². The number of hydrogen-bond acceptors (Lipinski definition) is 6. The number of nitrogens with one attached hydrogen (secondary N) is 1. The number of carbonyl (C=O) groups is 1. The first-order valence-corrected chi connectivity index (χ1v) is 8.25. The molecule has 3 rings (SSSR count). The van der Waals surface area contributed by atoms with Gasteiger partial charge < -0.3 is 19.6 Å². The van der Waals surface area contributed by atoms with Gasteiger partial charge in [0.05, 0.1) is 17.7 Å². The number of rotatable bonds is 7. The van der Waals surface area contributed by atoms with Gasteiger partial charge in [0.1, 0.15) is 5.75 Å². The number of nitrogens with zero attached hydrogens (tertiary/aromatic N) is 1. The maximum Gasteiger partial charge on any atom is 0.251 e. The zero-order chi connectivity index (χ0) is 16.8. The minimum atomic E-state index is -0.259. The average Bonchev–Trinajstić information content (AvgIpc) is 3.29. The largest absolute Gasteiger partial charge is 0.484 e. The Hall–Kier alpha value is -2.64. The lowest BCUT2D eigenvalue weighted by Gasteiger charge is -2.07. The summed E-state index contributed by atoms with van der Waals surface area (Å²) in [5.41, 5.74) is 0.465. The Kier molecular flexibility index (Phi) is 5.25. The third kappa shape index (κ3) is 4.01. The highest BCUT2D eigenvalue weighted by atomic mass is 32.1. The zero-order valence-electron chi connectivity index (χ0n) is 12.8. The van der Waals surface area contributed by atoms with Gasteiger partial charge in [0, 0.05) is 12.1 Å². The van der Waals surface area contributed by atoms with Gasteiger partial charge in [-0.05, 0) is 29.6 Å². The number of thiophene rings is 1. The van der Waals surface area contributed by atoms with Gasteiger partial charge in [0.15, 0.2) is 12.4 Å². The van der Waals surface area contributed by atoms with Crippen molar-refractivity contribution in [1.29, 1.82) is 0 Å². The maximum atomic E-state index is 11.9. The molecule has 24 heavy (non-hydrogen) atoms. The Bertz CT molecular complexity index is 799. The highest BCUT2D eigenvalue weighted by molar-refractivity contribution is 7.13. The van der Waals surface area contributed by atoms with E-state index in [9.17, 15) is 4.79 Å². The van der Waals surface area contributed by atoms with Crippen LogP contribution in [-0.2, 0) is 6.61 Å². The van der Waals surface area contributed by atoms with Crippen molar-refractivity contribution in [2.24, 2.45) is 0 Å². The molecule has 2 N–H and O–H groups in total. The Balaban J connectivity index is 1.61. The molecular weight excluding hydrogens is 328 g/mol. The monoisotopic (exact) mass is 344 g/mol. The van der Waals surface area contributed by atoms with Crippen LogP contribution >= 0.6 is 11.3 Å². The summed E-state index contributed by atoms with van der Waals surface area (Å²) in [5, 5.41) is 13.3. The van der Waals surface area contributed by atoms with Gasteiger partial charge in [-0.2, -0.15) is 0 Å². The predicted molar refractivity (Wildman–Crippen MR) is 90.0 cm³/mol. The fourth-order valence-corrected chi connectivity index (χ4v) is 2.72. The third-order valence-electron chi connectivity index (χ3n) is 3.17. The maximum absolute atomic E-state index is 11.9. The van der Waals surface area contributed by atoms with E-state index in [4.69, 9.17) is 14.3 Å². The van der Waals surface area contributed by atoms with Crippen LogP contribution in [0.4, 0.5) is 0 Å². The van der Waals surface area contributed by atoms with Crippen molar-refractivity contribution in [3.05, 3.63) is 59.4 Å². The van der Waals surface area contributed by atoms with Gasteiger partial charge in [-0.1, -0.05) is 12.1 Å². The van der Waals surface area contributed by atoms with Crippen LogP contribution in [0.3, 0.4) is 0 Å². The number of hydrogen-bond donors (Lipinski definition) is 2. The summed E-state index contributed by atoms with van der Waals surface area (Å²) in [6.45, 7) is 0.289. The standard InChI is InChI=1S/C17H16N2O4S/c20-7-6-18-17(21)12-3-1-4-13(9-12)22-11-16-19-10-14(23-16)15-5-2-8-24-15/h1-5,8-10,20H,6-7,11H2,(H,18,21).